The molecule has 0 saturated heterocycles. The van der Waals surface area contributed by atoms with Crippen LogP contribution in [0.25, 0.3) is 0 Å². The van der Waals surface area contributed by atoms with E-state index in [2.05, 4.69) is 15.5 Å². The van der Waals surface area contributed by atoms with Crippen molar-refractivity contribution in [2.75, 3.05) is 5.32 Å². The van der Waals surface area contributed by atoms with Crippen LogP contribution in [0.1, 0.15) is 20.4 Å². The normalized spacial score (nSPS) is 11.3. The van der Waals surface area contributed by atoms with Gasteiger partial charge in [0.25, 0.3) is 5.91 Å². The number of carbonyl (C=O) groups is 1. The number of hydrogen-bond acceptors (Lipinski definition) is 5. The summed E-state index contributed by atoms with van der Waals surface area (Å²) in [5.41, 5.74) is -0.435. The summed E-state index contributed by atoms with van der Waals surface area (Å²) in [4.78, 5) is 12.1. The van der Waals surface area contributed by atoms with Crippen LogP contribution >= 0.6 is 11.3 Å². The van der Waals surface area contributed by atoms with Crippen LogP contribution in [-0.4, -0.2) is 16.1 Å². The molecule has 1 aromatic heterocycles. The van der Waals surface area contributed by atoms with Crippen LogP contribution in [-0.2, 0) is 12.8 Å². The van der Waals surface area contributed by atoms with E-state index >= 15 is 0 Å². The van der Waals surface area contributed by atoms with Crippen LogP contribution in [0.4, 0.5) is 23.2 Å². The molecule has 1 amide bonds. The second-order valence-corrected chi connectivity index (χ2v) is 6.34. The zero-order chi connectivity index (χ0) is 19.4. The minimum absolute atomic E-state index is 0.0253. The van der Waals surface area contributed by atoms with E-state index in [0.29, 0.717) is 10.7 Å². The number of amides is 1. The number of benzene rings is 2. The smallest absolute Gasteiger partial charge is 0.416 e. The Hall–Kier alpha value is -3.01. The molecule has 1 N–H and O–H groups in total. The number of alkyl halides is 3. The maximum Gasteiger partial charge on any atom is 0.416 e. The van der Waals surface area contributed by atoms with Gasteiger partial charge in [-0.3, -0.25) is 4.79 Å². The van der Waals surface area contributed by atoms with E-state index in [9.17, 15) is 22.4 Å². The fourth-order valence-corrected chi connectivity index (χ4v) is 2.68. The van der Waals surface area contributed by atoms with Gasteiger partial charge in [-0.05, 0) is 42.5 Å². The molecule has 0 bridgehead atoms. The number of ether oxygens (including phenoxy) is 1. The van der Waals surface area contributed by atoms with Crippen molar-refractivity contribution in [3.8, 4) is 5.75 Å². The maximum atomic E-state index is 12.9. The molecule has 0 atom stereocenters. The van der Waals surface area contributed by atoms with Crippen LogP contribution in [0.15, 0.2) is 48.5 Å². The monoisotopic (exact) mass is 397 g/mol. The van der Waals surface area contributed by atoms with Crippen molar-refractivity contribution in [1.29, 1.82) is 0 Å². The van der Waals surface area contributed by atoms with Crippen molar-refractivity contribution < 1.29 is 27.1 Å². The van der Waals surface area contributed by atoms with Gasteiger partial charge in [0.1, 0.15) is 18.2 Å². The highest BCUT2D eigenvalue weighted by Crippen LogP contribution is 2.31. The summed E-state index contributed by atoms with van der Waals surface area (Å²) in [6, 6.07) is 9.63. The average molecular weight is 397 g/mol. The fourth-order valence-electron chi connectivity index (χ4n) is 2.03. The molecular weight excluding hydrogens is 386 g/mol. The fraction of sp³-hybridized carbons (Fsp3) is 0.118. The summed E-state index contributed by atoms with van der Waals surface area (Å²) in [6.45, 7) is -0.136. The molecule has 0 aliphatic rings. The standard InChI is InChI=1S/C17H11F4N3O2S/c18-11-4-6-12(7-5-11)22-15(25)16-24-23-14(27-16)9-26-13-3-1-2-10(8-13)17(19,20)21/h1-8H,9H2,(H,22,25). The van der Waals surface area contributed by atoms with Crippen LogP contribution < -0.4 is 10.1 Å². The molecule has 0 spiro atoms. The lowest BCUT2D eigenvalue weighted by Gasteiger charge is -2.09. The van der Waals surface area contributed by atoms with Crippen LogP contribution in [0.3, 0.4) is 0 Å². The molecule has 10 heteroatoms. The number of nitrogens with zero attached hydrogens (tertiary/aromatic N) is 2. The highest BCUT2D eigenvalue weighted by atomic mass is 32.1. The molecule has 27 heavy (non-hydrogen) atoms. The number of aromatic nitrogens is 2. The lowest BCUT2D eigenvalue weighted by Crippen LogP contribution is -2.11. The summed E-state index contributed by atoms with van der Waals surface area (Å²) in [5.74, 6) is -0.945. The second-order valence-electron chi connectivity index (χ2n) is 5.28. The van der Waals surface area contributed by atoms with Crippen molar-refractivity contribution in [2.45, 2.75) is 12.8 Å². The lowest BCUT2D eigenvalue weighted by atomic mass is 10.2. The molecule has 0 aliphatic heterocycles. The summed E-state index contributed by atoms with van der Waals surface area (Å²) in [7, 11) is 0. The molecule has 3 rings (SSSR count). The lowest BCUT2D eigenvalue weighted by molar-refractivity contribution is -0.137. The quantitative estimate of drug-likeness (QED) is 0.643. The van der Waals surface area contributed by atoms with Gasteiger partial charge in [0, 0.05) is 5.69 Å². The summed E-state index contributed by atoms with van der Waals surface area (Å²) < 4.78 is 56.2. The maximum absolute atomic E-state index is 12.9. The van der Waals surface area contributed by atoms with Crippen molar-refractivity contribution in [1.82, 2.24) is 10.2 Å². The molecule has 0 radical (unpaired) electrons. The van der Waals surface area contributed by atoms with E-state index in [-0.39, 0.29) is 17.4 Å². The highest BCUT2D eigenvalue weighted by Gasteiger charge is 2.30. The third kappa shape index (κ3) is 5.00. The first-order valence-electron chi connectivity index (χ1n) is 7.50. The van der Waals surface area contributed by atoms with E-state index < -0.39 is 23.5 Å². The Bertz CT molecular complexity index is 942. The minimum atomic E-state index is -4.46. The molecule has 5 nitrogen and oxygen atoms in total. The van der Waals surface area contributed by atoms with E-state index in [1.165, 1.54) is 36.4 Å². The van der Waals surface area contributed by atoms with Gasteiger partial charge in [0.05, 0.1) is 5.56 Å². The number of hydrogen-bond donors (Lipinski definition) is 1. The number of carbonyl (C=O) groups excluding carboxylic acids is 1. The Morgan fingerprint density at radius 3 is 2.56 bits per heavy atom. The van der Waals surface area contributed by atoms with Crippen molar-refractivity contribution >= 4 is 22.9 Å². The molecule has 140 valence electrons. The summed E-state index contributed by atoms with van der Waals surface area (Å²) >= 11 is 0.937. The Morgan fingerprint density at radius 2 is 1.85 bits per heavy atom. The van der Waals surface area contributed by atoms with Crippen molar-refractivity contribution in [2.24, 2.45) is 0 Å². The number of nitrogens with one attached hydrogen (secondary N) is 1. The molecular formula is C17H11F4N3O2S. The van der Waals surface area contributed by atoms with Crippen LogP contribution in [0, 0.1) is 5.82 Å². The zero-order valence-corrected chi connectivity index (χ0v) is 14.3. The molecule has 0 saturated carbocycles. The third-order valence-corrected chi connectivity index (χ3v) is 4.18. The Morgan fingerprint density at radius 1 is 1.11 bits per heavy atom. The molecule has 0 fully saturated rings. The first kappa shape index (κ1) is 18.8. The van der Waals surface area contributed by atoms with Gasteiger partial charge in [0.15, 0.2) is 5.01 Å². The van der Waals surface area contributed by atoms with Crippen LogP contribution in [0.5, 0.6) is 5.75 Å². The average Bonchev–Trinajstić information content (AvgIpc) is 3.11. The predicted octanol–water partition coefficient (Wildman–Crippen LogP) is 4.53. The Balaban J connectivity index is 1.61. The molecule has 2 aromatic carbocycles. The first-order valence-corrected chi connectivity index (χ1v) is 8.32. The van der Waals surface area contributed by atoms with Crippen molar-refractivity contribution in [3.05, 3.63) is 69.9 Å². The van der Waals surface area contributed by atoms with Gasteiger partial charge in [-0.25, -0.2) is 4.39 Å². The number of anilines is 1. The van der Waals surface area contributed by atoms with Gasteiger partial charge in [-0.2, -0.15) is 13.2 Å². The predicted molar refractivity (Wildman–Crippen MR) is 90.0 cm³/mol. The topological polar surface area (TPSA) is 64.1 Å². The van der Waals surface area contributed by atoms with E-state index in [0.717, 1.165) is 23.5 Å². The molecule has 3 aromatic rings. The van der Waals surface area contributed by atoms with Gasteiger partial charge < -0.3 is 10.1 Å². The van der Waals surface area contributed by atoms with Gasteiger partial charge >= 0.3 is 6.18 Å². The highest BCUT2D eigenvalue weighted by molar-refractivity contribution is 7.13. The first-order chi connectivity index (χ1) is 12.8. The van der Waals surface area contributed by atoms with E-state index in [1.54, 1.807) is 0 Å². The largest absolute Gasteiger partial charge is 0.486 e. The Labute approximate surface area is 154 Å². The number of rotatable bonds is 5. The second kappa shape index (κ2) is 7.70. The van der Waals surface area contributed by atoms with E-state index in [1.807, 2.05) is 0 Å². The van der Waals surface area contributed by atoms with Crippen molar-refractivity contribution in [3.63, 3.8) is 0 Å². The summed E-state index contributed by atoms with van der Waals surface area (Å²) in [5, 5.41) is 10.4. The molecule has 0 unspecified atom stereocenters. The van der Waals surface area contributed by atoms with E-state index in [4.69, 9.17) is 4.74 Å². The third-order valence-electron chi connectivity index (χ3n) is 3.29. The molecule has 1 heterocycles. The van der Waals surface area contributed by atoms with Gasteiger partial charge in [0.2, 0.25) is 5.01 Å². The van der Waals surface area contributed by atoms with Crippen LogP contribution in [0.2, 0.25) is 0 Å². The SMILES string of the molecule is O=C(Nc1ccc(F)cc1)c1nnc(COc2cccc(C(F)(F)F)c2)s1. The Kier molecular flexibility index (Phi) is 5.36. The van der Waals surface area contributed by atoms with Gasteiger partial charge in [-0.1, -0.05) is 17.4 Å². The minimum Gasteiger partial charge on any atom is -0.486 e. The zero-order valence-electron chi connectivity index (χ0n) is 13.5. The summed E-state index contributed by atoms with van der Waals surface area (Å²) in [6.07, 6.45) is -4.46. The molecule has 0 aliphatic carbocycles. The van der Waals surface area contributed by atoms with Gasteiger partial charge in [-0.15, -0.1) is 10.2 Å². The number of halogens is 4.